The fraction of sp³-hybridized carbons (Fsp3) is 0.200. The number of aryl methyl sites for hydroxylation is 1. The summed E-state index contributed by atoms with van der Waals surface area (Å²) in [6.07, 6.45) is 0.780. The highest BCUT2D eigenvalue weighted by molar-refractivity contribution is 5.57. The molecule has 0 atom stereocenters. The molecule has 2 N–H and O–H groups in total. The second kappa shape index (κ2) is 8.29. The molecule has 0 fully saturated rings. The summed E-state index contributed by atoms with van der Waals surface area (Å²) in [6, 6.07) is 16.0. The third-order valence-electron chi connectivity index (χ3n) is 3.81. The number of halogens is 1. The molecule has 0 aliphatic carbocycles. The smallest absolute Gasteiger partial charge is 0.229 e. The van der Waals surface area contributed by atoms with E-state index in [1.807, 2.05) is 37.3 Å². The van der Waals surface area contributed by atoms with E-state index < -0.39 is 0 Å². The first-order valence-corrected chi connectivity index (χ1v) is 8.37. The van der Waals surface area contributed by atoms with E-state index in [9.17, 15) is 4.39 Å². The fourth-order valence-corrected chi connectivity index (χ4v) is 2.53. The molecule has 0 saturated heterocycles. The molecule has 0 amide bonds. The molecular weight excluding hydrogens is 331 g/mol. The Labute approximate surface area is 152 Å². The summed E-state index contributed by atoms with van der Waals surface area (Å²) in [5, 5.41) is 6.48. The van der Waals surface area contributed by atoms with Crippen molar-refractivity contribution in [2.24, 2.45) is 0 Å². The molecule has 0 bridgehead atoms. The predicted molar refractivity (Wildman–Crippen MR) is 102 cm³/mol. The van der Waals surface area contributed by atoms with E-state index in [4.69, 9.17) is 4.74 Å². The SMILES string of the molecule is COc1cccc(Nc2nc(C)cc(NCCc3ccc(F)cc3)n2)c1. The Bertz CT molecular complexity index is 868. The van der Waals surface area contributed by atoms with Crippen LogP contribution >= 0.6 is 0 Å². The first-order valence-electron chi connectivity index (χ1n) is 8.37. The molecule has 6 heteroatoms. The number of hydrogen-bond donors (Lipinski definition) is 2. The summed E-state index contributed by atoms with van der Waals surface area (Å²) in [5.41, 5.74) is 2.78. The summed E-state index contributed by atoms with van der Waals surface area (Å²) in [7, 11) is 1.63. The molecule has 3 aromatic rings. The van der Waals surface area contributed by atoms with Gasteiger partial charge in [0.25, 0.3) is 0 Å². The number of rotatable bonds is 7. The summed E-state index contributed by atoms with van der Waals surface area (Å²) >= 11 is 0. The molecule has 1 heterocycles. The third-order valence-corrected chi connectivity index (χ3v) is 3.81. The van der Waals surface area contributed by atoms with E-state index >= 15 is 0 Å². The van der Waals surface area contributed by atoms with E-state index in [-0.39, 0.29) is 5.82 Å². The molecule has 134 valence electrons. The van der Waals surface area contributed by atoms with Crippen LogP contribution in [0.1, 0.15) is 11.3 Å². The van der Waals surface area contributed by atoms with Gasteiger partial charge in [0.2, 0.25) is 5.95 Å². The van der Waals surface area contributed by atoms with Crippen LogP contribution in [-0.2, 0) is 6.42 Å². The second-order valence-corrected chi connectivity index (χ2v) is 5.88. The molecular formula is C20H21FN4O. The van der Waals surface area contributed by atoms with Crippen molar-refractivity contribution >= 4 is 17.5 Å². The van der Waals surface area contributed by atoms with Crippen LogP contribution in [0.3, 0.4) is 0 Å². The first kappa shape index (κ1) is 17.7. The summed E-state index contributed by atoms with van der Waals surface area (Å²) < 4.78 is 18.2. The zero-order valence-corrected chi connectivity index (χ0v) is 14.8. The van der Waals surface area contributed by atoms with E-state index in [1.54, 1.807) is 19.2 Å². The lowest BCUT2D eigenvalue weighted by Gasteiger charge is -2.11. The van der Waals surface area contributed by atoms with E-state index in [2.05, 4.69) is 20.6 Å². The molecule has 26 heavy (non-hydrogen) atoms. The largest absolute Gasteiger partial charge is 0.497 e. The van der Waals surface area contributed by atoms with Crippen LogP contribution < -0.4 is 15.4 Å². The van der Waals surface area contributed by atoms with Crippen LogP contribution in [0.2, 0.25) is 0 Å². The lowest BCUT2D eigenvalue weighted by atomic mass is 10.1. The average Bonchev–Trinajstić information content (AvgIpc) is 2.63. The second-order valence-electron chi connectivity index (χ2n) is 5.88. The lowest BCUT2D eigenvalue weighted by Crippen LogP contribution is -2.08. The van der Waals surface area contributed by atoms with E-state index in [0.717, 1.165) is 34.9 Å². The highest BCUT2D eigenvalue weighted by Crippen LogP contribution is 2.20. The van der Waals surface area contributed by atoms with Gasteiger partial charge in [-0.2, -0.15) is 4.98 Å². The normalized spacial score (nSPS) is 10.4. The van der Waals surface area contributed by atoms with Crippen molar-refractivity contribution in [3.8, 4) is 5.75 Å². The highest BCUT2D eigenvalue weighted by atomic mass is 19.1. The number of aromatic nitrogens is 2. The number of anilines is 3. The maximum atomic E-state index is 12.9. The lowest BCUT2D eigenvalue weighted by molar-refractivity contribution is 0.415. The zero-order chi connectivity index (χ0) is 18.4. The van der Waals surface area contributed by atoms with Crippen molar-refractivity contribution in [2.45, 2.75) is 13.3 Å². The summed E-state index contributed by atoms with van der Waals surface area (Å²) in [5.74, 6) is 1.80. The van der Waals surface area contributed by atoms with Crippen LogP contribution in [0.15, 0.2) is 54.6 Å². The topological polar surface area (TPSA) is 59.1 Å². The maximum absolute atomic E-state index is 12.9. The monoisotopic (exact) mass is 352 g/mol. The number of benzene rings is 2. The van der Waals surface area contributed by atoms with Gasteiger partial charge in [-0.1, -0.05) is 18.2 Å². The van der Waals surface area contributed by atoms with Gasteiger partial charge in [0.05, 0.1) is 7.11 Å². The molecule has 3 rings (SSSR count). The minimum Gasteiger partial charge on any atom is -0.497 e. The maximum Gasteiger partial charge on any atom is 0.229 e. The fourth-order valence-electron chi connectivity index (χ4n) is 2.53. The van der Waals surface area contributed by atoms with Crippen LogP contribution in [0.25, 0.3) is 0 Å². The number of ether oxygens (including phenoxy) is 1. The molecule has 0 radical (unpaired) electrons. The van der Waals surface area contributed by atoms with Gasteiger partial charge in [-0.3, -0.25) is 0 Å². The van der Waals surface area contributed by atoms with Gasteiger partial charge in [-0.05, 0) is 43.2 Å². The standard InChI is InChI=1S/C20H21FN4O/c1-14-12-19(22-11-10-15-6-8-16(21)9-7-15)25-20(23-14)24-17-4-3-5-18(13-17)26-2/h3-9,12-13H,10-11H2,1-2H3,(H2,22,23,24,25). The highest BCUT2D eigenvalue weighted by Gasteiger charge is 2.04. The summed E-state index contributed by atoms with van der Waals surface area (Å²) in [6.45, 7) is 2.62. The molecule has 0 aliphatic heterocycles. The van der Waals surface area contributed by atoms with Crippen LogP contribution in [-0.4, -0.2) is 23.6 Å². The Morgan fingerprint density at radius 2 is 1.85 bits per heavy atom. The van der Waals surface area contributed by atoms with Crippen molar-refractivity contribution in [1.82, 2.24) is 9.97 Å². The van der Waals surface area contributed by atoms with Crippen LogP contribution in [0.4, 0.5) is 21.8 Å². The van der Waals surface area contributed by atoms with Gasteiger partial charge in [0.1, 0.15) is 17.4 Å². The molecule has 5 nitrogen and oxygen atoms in total. The van der Waals surface area contributed by atoms with Gasteiger partial charge in [0, 0.05) is 30.1 Å². The number of methoxy groups -OCH3 is 1. The van der Waals surface area contributed by atoms with Crippen molar-refractivity contribution in [1.29, 1.82) is 0 Å². The Hall–Kier alpha value is -3.15. The van der Waals surface area contributed by atoms with Crippen molar-refractivity contribution in [3.05, 3.63) is 71.7 Å². The summed E-state index contributed by atoms with van der Waals surface area (Å²) in [4.78, 5) is 8.91. The molecule has 2 aromatic carbocycles. The van der Waals surface area contributed by atoms with Crippen molar-refractivity contribution < 1.29 is 9.13 Å². The number of nitrogens with one attached hydrogen (secondary N) is 2. The van der Waals surface area contributed by atoms with Gasteiger partial charge >= 0.3 is 0 Å². The molecule has 0 unspecified atom stereocenters. The van der Waals surface area contributed by atoms with Crippen molar-refractivity contribution in [3.63, 3.8) is 0 Å². The first-order chi connectivity index (χ1) is 12.6. The number of hydrogen-bond acceptors (Lipinski definition) is 5. The molecule has 0 spiro atoms. The Kier molecular flexibility index (Phi) is 5.63. The zero-order valence-electron chi connectivity index (χ0n) is 14.8. The Morgan fingerprint density at radius 1 is 1.04 bits per heavy atom. The molecule has 0 saturated carbocycles. The third kappa shape index (κ3) is 4.92. The quantitative estimate of drug-likeness (QED) is 0.663. The van der Waals surface area contributed by atoms with Crippen LogP contribution in [0, 0.1) is 12.7 Å². The predicted octanol–water partition coefficient (Wildman–Crippen LogP) is 4.33. The Balaban J connectivity index is 1.64. The van der Waals surface area contributed by atoms with E-state index in [0.29, 0.717) is 12.5 Å². The van der Waals surface area contributed by atoms with Crippen LogP contribution in [0.5, 0.6) is 5.75 Å². The van der Waals surface area contributed by atoms with E-state index in [1.165, 1.54) is 12.1 Å². The van der Waals surface area contributed by atoms with Gasteiger partial charge in [0.15, 0.2) is 0 Å². The Morgan fingerprint density at radius 3 is 2.62 bits per heavy atom. The molecule has 0 aliphatic rings. The molecule has 1 aromatic heterocycles. The van der Waals surface area contributed by atoms with Gasteiger partial charge in [-0.15, -0.1) is 0 Å². The van der Waals surface area contributed by atoms with Crippen molar-refractivity contribution in [2.75, 3.05) is 24.3 Å². The minimum atomic E-state index is -0.221. The van der Waals surface area contributed by atoms with Gasteiger partial charge in [-0.25, -0.2) is 9.37 Å². The van der Waals surface area contributed by atoms with Gasteiger partial charge < -0.3 is 15.4 Å². The number of nitrogens with zero attached hydrogens (tertiary/aromatic N) is 2. The average molecular weight is 352 g/mol. The minimum absolute atomic E-state index is 0.221.